The van der Waals surface area contributed by atoms with Gasteiger partial charge in [0.15, 0.2) is 5.65 Å². The van der Waals surface area contributed by atoms with Crippen LogP contribution in [0.1, 0.15) is 21.7 Å². The SMILES string of the molecule is COc1cc(C(=O)NCCc2nnc3ccccn23)ccc1C. The fourth-order valence-electron chi connectivity index (χ4n) is 2.41. The Hall–Kier alpha value is -2.89. The van der Waals surface area contributed by atoms with E-state index in [1.807, 2.05) is 41.8 Å². The number of nitrogens with zero attached hydrogens (tertiary/aromatic N) is 3. The maximum absolute atomic E-state index is 12.2. The predicted molar refractivity (Wildman–Crippen MR) is 86.8 cm³/mol. The number of rotatable bonds is 5. The van der Waals surface area contributed by atoms with E-state index in [-0.39, 0.29) is 5.91 Å². The van der Waals surface area contributed by atoms with Gasteiger partial charge in [0.2, 0.25) is 0 Å². The summed E-state index contributed by atoms with van der Waals surface area (Å²) in [5, 5.41) is 11.1. The van der Waals surface area contributed by atoms with Gasteiger partial charge in [-0.05, 0) is 36.8 Å². The van der Waals surface area contributed by atoms with E-state index in [9.17, 15) is 4.79 Å². The molecule has 2 aromatic heterocycles. The monoisotopic (exact) mass is 310 g/mol. The van der Waals surface area contributed by atoms with Crippen LogP contribution in [0.25, 0.3) is 5.65 Å². The Morgan fingerprint density at radius 3 is 2.96 bits per heavy atom. The van der Waals surface area contributed by atoms with Gasteiger partial charge in [0.05, 0.1) is 7.11 Å². The average Bonchev–Trinajstić information content (AvgIpc) is 2.98. The van der Waals surface area contributed by atoms with E-state index in [0.29, 0.717) is 24.3 Å². The molecule has 0 spiro atoms. The third-order valence-electron chi connectivity index (χ3n) is 3.69. The Labute approximate surface area is 134 Å². The molecule has 6 heteroatoms. The van der Waals surface area contributed by atoms with Crippen molar-refractivity contribution in [3.63, 3.8) is 0 Å². The second-order valence-electron chi connectivity index (χ2n) is 5.24. The standard InChI is InChI=1S/C17H18N4O2/c1-12-6-7-13(11-14(12)23-2)17(22)18-9-8-16-20-19-15-5-3-4-10-21(15)16/h3-7,10-11H,8-9H2,1-2H3,(H,18,22). The minimum atomic E-state index is -0.128. The van der Waals surface area contributed by atoms with Gasteiger partial charge in [0, 0.05) is 24.7 Å². The fraction of sp³-hybridized carbons (Fsp3) is 0.235. The van der Waals surface area contributed by atoms with Crippen LogP contribution in [0, 0.1) is 6.92 Å². The molecule has 0 saturated heterocycles. The molecule has 0 saturated carbocycles. The van der Waals surface area contributed by atoms with Gasteiger partial charge < -0.3 is 10.1 Å². The number of ether oxygens (including phenoxy) is 1. The third kappa shape index (κ3) is 3.15. The van der Waals surface area contributed by atoms with Crippen LogP contribution in [0.5, 0.6) is 5.75 Å². The smallest absolute Gasteiger partial charge is 0.251 e. The zero-order valence-electron chi connectivity index (χ0n) is 13.1. The zero-order valence-corrected chi connectivity index (χ0v) is 13.1. The number of carbonyl (C=O) groups is 1. The molecule has 1 N–H and O–H groups in total. The van der Waals surface area contributed by atoms with Gasteiger partial charge in [-0.3, -0.25) is 9.20 Å². The summed E-state index contributed by atoms with van der Waals surface area (Å²) >= 11 is 0. The lowest BCUT2D eigenvalue weighted by molar-refractivity contribution is 0.0953. The molecular weight excluding hydrogens is 292 g/mol. The molecule has 1 amide bonds. The van der Waals surface area contributed by atoms with Gasteiger partial charge in [-0.25, -0.2) is 0 Å². The second-order valence-corrected chi connectivity index (χ2v) is 5.24. The number of carbonyl (C=O) groups excluding carboxylic acids is 1. The molecule has 2 heterocycles. The lowest BCUT2D eigenvalue weighted by Crippen LogP contribution is -2.26. The summed E-state index contributed by atoms with van der Waals surface area (Å²) in [6, 6.07) is 11.2. The van der Waals surface area contributed by atoms with Crippen LogP contribution in [0.15, 0.2) is 42.6 Å². The van der Waals surface area contributed by atoms with Crippen molar-refractivity contribution in [1.82, 2.24) is 19.9 Å². The Bertz CT molecular complexity index is 841. The number of pyridine rings is 1. The molecule has 3 aromatic rings. The second kappa shape index (κ2) is 6.48. The molecule has 0 aliphatic rings. The highest BCUT2D eigenvalue weighted by atomic mass is 16.5. The van der Waals surface area contributed by atoms with E-state index < -0.39 is 0 Å². The third-order valence-corrected chi connectivity index (χ3v) is 3.69. The minimum absolute atomic E-state index is 0.128. The lowest BCUT2D eigenvalue weighted by atomic mass is 10.1. The van der Waals surface area contributed by atoms with E-state index in [2.05, 4.69) is 15.5 Å². The maximum Gasteiger partial charge on any atom is 0.251 e. The number of amides is 1. The molecular formula is C17H18N4O2. The number of benzene rings is 1. The Balaban J connectivity index is 1.63. The number of aryl methyl sites for hydroxylation is 1. The van der Waals surface area contributed by atoms with Crippen molar-refractivity contribution in [2.75, 3.05) is 13.7 Å². The number of fused-ring (bicyclic) bond motifs is 1. The van der Waals surface area contributed by atoms with Gasteiger partial charge in [0.1, 0.15) is 11.6 Å². The molecule has 0 aliphatic heterocycles. The summed E-state index contributed by atoms with van der Waals surface area (Å²) in [5.74, 6) is 1.40. The van der Waals surface area contributed by atoms with Crippen molar-refractivity contribution in [3.05, 3.63) is 59.5 Å². The molecule has 6 nitrogen and oxygen atoms in total. The van der Waals surface area contributed by atoms with Crippen LogP contribution < -0.4 is 10.1 Å². The number of nitrogens with one attached hydrogen (secondary N) is 1. The van der Waals surface area contributed by atoms with Crippen molar-refractivity contribution in [3.8, 4) is 5.75 Å². The fourth-order valence-corrected chi connectivity index (χ4v) is 2.41. The highest BCUT2D eigenvalue weighted by Crippen LogP contribution is 2.18. The van der Waals surface area contributed by atoms with Crippen molar-refractivity contribution < 1.29 is 9.53 Å². The van der Waals surface area contributed by atoms with Crippen LogP contribution in [0.2, 0.25) is 0 Å². The first-order valence-electron chi connectivity index (χ1n) is 7.40. The van der Waals surface area contributed by atoms with Gasteiger partial charge in [0.25, 0.3) is 5.91 Å². The number of hydrogen-bond donors (Lipinski definition) is 1. The predicted octanol–water partition coefficient (Wildman–Crippen LogP) is 2.02. The first-order valence-corrected chi connectivity index (χ1v) is 7.40. The van der Waals surface area contributed by atoms with E-state index >= 15 is 0 Å². The van der Waals surface area contributed by atoms with Crippen LogP contribution in [-0.2, 0) is 6.42 Å². The summed E-state index contributed by atoms with van der Waals surface area (Å²) in [6.45, 7) is 2.43. The van der Waals surface area contributed by atoms with Crippen molar-refractivity contribution in [2.45, 2.75) is 13.3 Å². The summed E-state index contributed by atoms with van der Waals surface area (Å²) in [4.78, 5) is 12.2. The summed E-state index contributed by atoms with van der Waals surface area (Å²) in [6.07, 6.45) is 2.53. The van der Waals surface area contributed by atoms with Crippen LogP contribution in [0.4, 0.5) is 0 Å². The highest BCUT2D eigenvalue weighted by Gasteiger charge is 2.09. The van der Waals surface area contributed by atoms with Crippen molar-refractivity contribution in [1.29, 1.82) is 0 Å². The van der Waals surface area contributed by atoms with E-state index in [0.717, 1.165) is 17.0 Å². The van der Waals surface area contributed by atoms with Crippen LogP contribution in [-0.4, -0.2) is 34.2 Å². The first-order chi connectivity index (χ1) is 11.2. The largest absolute Gasteiger partial charge is 0.496 e. The van der Waals surface area contributed by atoms with Gasteiger partial charge in [-0.2, -0.15) is 0 Å². The molecule has 0 fully saturated rings. The van der Waals surface area contributed by atoms with Crippen LogP contribution in [0.3, 0.4) is 0 Å². The molecule has 0 radical (unpaired) electrons. The van der Waals surface area contributed by atoms with Crippen molar-refractivity contribution in [2.24, 2.45) is 0 Å². The summed E-state index contributed by atoms with van der Waals surface area (Å²) in [5.41, 5.74) is 2.38. The molecule has 1 aromatic carbocycles. The topological polar surface area (TPSA) is 68.5 Å². The zero-order chi connectivity index (χ0) is 16.2. The molecule has 118 valence electrons. The molecule has 23 heavy (non-hydrogen) atoms. The van der Waals surface area contributed by atoms with E-state index in [1.165, 1.54) is 0 Å². The first kappa shape index (κ1) is 15.0. The number of methoxy groups -OCH3 is 1. The quantitative estimate of drug-likeness (QED) is 0.783. The van der Waals surface area contributed by atoms with Gasteiger partial charge in [-0.15, -0.1) is 10.2 Å². The Morgan fingerprint density at radius 2 is 2.13 bits per heavy atom. The normalized spacial score (nSPS) is 10.7. The molecule has 0 bridgehead atoms. The Kier molecular flexibility index (Phi) is 4.23. The van der Waals surface area contributed by atoms with E-state index in [1.54, 1.807) is 19.2 Å². The average molecular weight is 310 g/mol. The van der Waals surface area contributed by atoms with Gasteiger partial charge in [-0.1, -0.05) is 12.1 Å². The lowest BCUT2D eigenvalue weighted by Gasteiger charge is -2.08. The van der Waals surface area contributed by atoms with E-state index in [4.69, 9.17) is 4.74 Å². The van der Waals surface area contributed by atoms with Crippen LogP contribution >= 0.6 is 0 Å². The summed E-state index contributed by atoms with van der Waals surface area (Å²) < 4.78 is 7.16. The Morgan fingerprint density at radius 1 is 1.26 bits per heavy atom. The molecule has 3 rings (SSSR count). The van der Waals surface area contributed by atoms with Crippen molar-refractivity contribution >= 4 is 11.6 Å². The molecule has 0 aliphatic carbocycles. The highest BCUT2D eigenvalue weighted by molar-refractivity contribution is 5.94. The number of aromatic nitrogens is 3. The molecule has 0 unspecified atom stereocenters. The number of hydrogen-bond acceptors (Lipinski definition) is 4. The summed E-state index contributed by atoms with van der Waals surface area (Å²) in [7, 11) is 1.60. The van der Waals surface area contributed by atoms with Gasteiger partial charge >= 0.3 is 0 Å². The minimum Gasteiger partial charge on any atom is -0.496 e. The maximum atomic E-state index is 12.2. The molecule has 0 atom stereocenters.